The van der Waals surface area contributed by atoms with E-state index < -0.39 is 0 Å². The van der Waals surface area contributed by atoms with Crippen molar-refractivity contribution in [3.8, 4) is 0 Å². The second-order valence-electron chi connectivity index (χ2n) is 4.82. The SMILES string of the molecule is CNC(C)c1ccc(N2CCOCC2CO)cc1Cl. The fourth-order valence-electron chi connectivity index (χ4n) is 2.35. The van der Waals surface area contributed by atoms with Gasteiger partial charge < -0.3 is 20.1 Å². The van der Waals surface area contributed by atoms with Crippen LogP contribution in [0, 0.1) is 0 Å². The number of nitrogens with zero attached hydrogens (tertiary/aromatic N) is 1. The average Bonchev–Trinajstić information content (AvgIpc) is 2.46. The minimum atomic E-state index is 0.0115. The van der Waals surface area contributed by atoms with Gasteiger partial charge in [-0.1, -0.05) is 17.7 Å². The molecule has 1 fully saturated rings. The van der Waals surface area contributed by atoms with E-state index >= 15 is 0 Å². The van der Waals surface area contributed by atoms with Gasteiger partial charge >= 0.3 is 0 Å². The number of ether oxygens (including phenoxy) is 1. The van der Waals surface area contributed by atoms with Crippen LogP contribution in [0.25, 0.3) is 0 Å². The van der Waals surface area contributed by atoms with Gasteiger partial charge in [0.05, 0.1) is 25.9 Å². The van der Waals surface area contributed by atoms with E-state index in [2.05, 4.69) is 23.2 Å². The Morgan fingerprint density at radius 2 is 2.37 bits per heavy atom. The molecular formula is C14H21ClN2O2. The van der Waals surface area contributed by atoms with Crippen LogP contribution >= 0.6 is 11.6 Å². The highest BCUT2D eigenvalue weighted by molar-refractivity contribution is 6.31. The molecule has 0 aromatic heterocycles. The Morgan fingerprint density at radius 3 is 3.00 bits per heavy atom. The first-order valence-corrected chi connectivity index (χ1v) is 6.97. The molecule has 0 saturated carbocycles. The Kier molecular flexibility index (Phi) is 5.05. The third kappa shape index (κ3) is 3.20. The molecule has 1 aliphatic rings. The summed E-state index contributed by atoms with van der Waals surface area (Å²) < 4.78 is 5.39. The van der Waals surface area contributed by atoms with Crippen molar-refractivity contribution in [3.63, 3.8) is 0 Å². The van der Waals surface area contributed by atoms with Crippen molar-refractivity contribution in [3.05, 3.63) is 28.8 Å². The zero-order valence-electron chi connectivity index (χ0n) is 11.4. The molecule has 106 valence electrons. The lowest BCUT2D eigenvalue weighted by molar-refractivity contribution is 0.0727. The normalized spacial score (nSPS) is 21.5. The largest absolute Gasteiger partial charge is 0.394 e. The number of hydrogen-bond donors (Lipinski definition) is 2. The first kappa shape index (κ1) is 14.6. The van der Waals surface area contributed by atoms with Crippen LogP contribution in [0.5, 0.6) is 0 Å². The number of aliphatic hydroxyl groups excluding tert-OH is 1. The number of benzene rings is 1. The lowest BCUT2D eigenvalue weighted by Crippen LogP contribution is -2.47. The summed E-state index contributed by atoms with van der Waals surface area (Å²) in [6.45, 7) is 4.19. The molecule has 1 aliphatic heterocycles. The monoisotopic (exact) mass is 284 g/mol. The van der Waals surface area contributed by atoms with Crippen molar-refractivity contribution in [1.82, 2.24) is 5.32 Å². The number of nitrogens with one attached hydrogen (secondary N) is 1. The van der Waals surface area contributed by atoms with Crippen molar-refractivity contribution in [2.45, 2.75) is 19.0 Å². The van der Waals surface area contributed by atoms with E-state index in [0.29, 0.717) is 13.2 Å². The van der Waals surface area contributed by atoms with Gasteiger partial charge in [-0.15, -0.1) is 0 Å². The molecule has 1 saturated heterocycles. The summed E-state index contributed by atoms with van der Waals surface area (Å²) in [5, 5.41) is 13.3. The van der Waals surface area contributed by atoms with Crippen LogP contribution in [0.3, 0.4) is 0 Å². The summed E-state index contributed by atoms with van der Waals surface area (Å²) in [7, 11) is 1.92. The molecule has 0 bridgehead atoms. The second kappa shape index (κ2) is 6.57. The van der Waals surface area contributed by atoms with Crippen LogP contribution in [0.2, 0.25) is 5.02 Å². The highest BCUT2D eigenvalue weighted by Gasteiger charge is 2.23. The Balaban J connectivity index is 2.23. The molecule has 5 heteroatoms. The highest BCUT2D eigenvalue weighted by Crippen LogP contribution is 2.29. The van der Waals surface area contributed by atoms with Crippen molar-refractivity contribution in [2.24, 2.45) is 0 Å². The minimum absolute atomic E-state index is 0.0115. The summed E-state index contributed by atoms with van der Waals surface area (Å²) in [6.07, 6.45) is 0. The van der Waals surface area contributed by atoms with Crippen LogP contribution in [0.4, 0.5) is 5.69 Å². The quantitative estimate of drug-likeness (QED) is 0.885. The number of hydrogen-bond acceptors (Lipinski definition) is 4. The Morgan fingerprint density at radius 1 is 1.58 bits per heavy atom. The van der Waals surface area contributed by atoms with Gasteiger partial charge in [0.25, 0.3) is 0 Å². The fourth-order valence-corrected chi connectivity index (χ4v) is 2.69. The van der Waals surface area contributed by atoms with Crippen LogP contribution in [-0.4, -0.2) is 44.6 Å². The third-order valence-electron chi connectivity index (χ3n) is 3.65. The Labute approximate surface area is 119 Å². The van der Waals surface area contributed by atoms with E-state index in [4.69, 9.17) is 16.3 Å². The first-order valence-electron chi connectivity index (χ1n) is 6.59. The predicted octanol–water partition coefficient (Wildman–Crippen LogP) is 1.82. The molecule has 2 N–H and O–H groups in total. The van der Waals surface area contributed by atoms with Gasteiger partial charge in [-0.2, -0.15) is 0 Å². The predicted molar refractivity (Wildman–Crippen MR) is 78.0 cm³/mol. The molecule has 4 nitrogen and oxygen atoms in total. The van der Waals surface area contributed by atoms with E-state index in [1.54, 1.807) is 0 Å². The summed E-state index contributed by atoms with van der Waals surface area (Å²) >= 11 is 6.35. The van der Waals surface area contributed by atoms with Crippen molar-refractivity contribution in [2.75, 3.05) is 38.3 Å². The molecule has 1 aromatic carbocycles. The van der Waals surface area contributed by atoms with Gasteiger partial charge in [0.15, 0.2) is 0 Å². The highest BCUT2D eigenvalue weighted by atomic mass is 35.5. The summed E-state index contributed by atoms with van der Waals surface area (Å²) in [5.41, 5.74) is 2.13. The van der Waals surface area contributed by atoms with Gasteiger partial charge in [0, 0.05) is 23.3 Å². The fraction of sp³-hybridized carbons (Fsp3) is 0.571. The van der Waals surface area contributed by atoms with Gasteiger partial charge in [-0.05, 0) is 31.7 Å². The van der Waals surface area contributed by atoms with Gasteiger partial charge in [-0.3, -0.25) is 0 Å². The topological polar surface area (TPSA) is 44.7 Å². The first-order chi connectivity index (χ1) is 9.17. The van der Waals surface area contributed by atoms with E-state index in [9.17, 15) is 5.11 Å². The summed E-state index contributed by atoms with van der Waals surface area (Å²) in [6, 6.07) is 6.31. The summed E-state index contributed by atoms with van der Waals surface area (Å²) in [4.78, 5) is 2.16. The maximum atomic E-state index is 9.41. The number of rotatable bonds is 4. The molecule has 1 heterocycles. The lowest BCUT2D eigenvalue weighted by atomic mass is 10.1. The summed E-state index contributed by atoms with van der Waals surface area (Å²) in [5.74, 6) is 0. The van der Waals surface area contributed by atoms with E-state index in [1.165, 1.54) is 0 Å². The molecule has 2 unspecified atom stereocenters. The zero-order valence-corrected chi connectivity index (χ0v) is 12.2. The third-order valence-corrected chi connectivity index (χ3v) is 3.98. The number of halogens is 1. The standard InChI is InChI=1S/C14H21ClN2O2/c1-10(16-2)13-4-3-11(7-14(13)15)17-5-6-19-9-12(17)8-18/h3-4,7,10,12,16,18H,5-6,8-9H2,1-2H3. The molecule has 0 aliphatic carbocycles. The molecule has 2 atom stereocenters. The van der Waals surface area contributed by atoms with Crippen LogP contribution in [0.1, 0.15) is 18.5 Å². The van der Waals surface area contributed by atoms with Gasteiger partial charge in [0.1, 0.15) is 0 Å². The van der Waals surface area contributed by atoms with Crippen molar-refractivity contribution in [1.29, 1.82) is 0 Å². The minimum Gasteiger partial charge on any atom is -0.394 e. The smallest absolute Gasteiger partial charge is 0.0755 e. The molecule has 0 amide bonds. The maximum absolute atomic E-state index is 9.41. The van der Waals surface area contributed by atoms with Crippen molar-refractivity contribution < 1.29 is 9.84 Å². The average molecular weight is 285 g/mol. The second-order valence-corrected chi connectivity index (χ2v) is 5.23. The molecule has 2 rings (SSSR count). The molecular weight excluding hydrogens is 264 g/mol. The van der Waals surface area contributed by atoms with E-state index in [-0.39, 0.29) is 18.7 Å². The Bertz CT molecular complexity index is 428. The number of morpholine rings is 1. The van der Waals surface area contributed by atoms with Gasteiger partial charge in [0.2, 0.25) is 0 Å². The molecule has 1 aromatic rings. The molecule has 0 spiro atoms. The van der Waals surface area contributed by atoms with Crippen LogP contribution in [0.15, 0.2) is 18.2 Å². The lowest BCUT2D eigenvalue weighted by Gasteiger charge is -2.36. The van der Waals surface area contributed by atoms with Crippen molar-refractivity contribution >= 4 is 17.3 Å². The number of aliphatic hydroxyl groups is 1. The molecule has 0 radical (unpaired) electrons. The van der Waals surface area contributed by atoms with Crippen LogP contribution in [-0.2, 0) is 4.74 Å². The molecule has 19 heavy (non-hydrogen) atoms. The zero-order chi connectivity index (χ0) is 13.8. The number of anilines is 1. The maximum Gasteiger partial charge on any atom is 0.0755 e. The Hall–Kier alpha value is -0.810. The van der Waals surface area contributed by atoms with Gasteiger partial charge in [-0.25, -0.2) is 0 Å². The van der Waals surface area contributed by atoms with E-state index in [0.717, 1.165) is 22.8 Å². The van der Waals surface area contributed by atoms with Crippen LogP contribution < -0.4 is 10.2 Å². The van der Waals surface area contributed by atoms with E-state index in [1.807, 2.05) is 19.2 Å².